The molecule has 0 unspecified atom stereocenters. The number of carbonyl (C=O) groups excluding carboxylic acids is 2. The second-order valence-electron chi connectivity index (χ2n) is 15.0. The number of phosphoric ester groups is 1. The molecule has 0 amide bonds. The van der Waals surface area contributed by atoms with E-state index in [-0.39, 0.29) is 19.4 Å². The van der Waals surface area contributed by atoms with Gasteiger partial charge in [0.2, 0.25) is 0 Å². The van der Waals surface area contributed by atoms with E-state index in [9.17, 15) is 14.2 Å². The van der Waals surface area contributed by atoms with E-state index in [0.29, 0.717) is 6.42 Å². The molecule has 8 nitrogen and oxygen atoms in total. The zero-order valence-corrected chi connectivity index (χ0v) is 35.8. The number of ether oxygens (including phenoxy) is 2. The Bertz CT molecular complexity index is 973. The van der Waals surface area contributed by atoms with Crippen LogP contribution in [0.3, 0.4) is 0 Å². The fraction of sp³-hybridized carbons (Fsp3) is 0.822. The van der Waals surface area contributed by atoms with Crippen LogP contribution in [0.1, 0.15) is 219 Å². The molecular formula is C45H83O8P. The fourth-order valence-electron chi connectivity index (χ4n) is 6.28. The van der Waals surface area contributed by atoms with Crippen molar-refractivity contribution in [2.75, 3.05) is 13.2 Å². The summed E-state index contributed by atoms with van der Waals surface area (Å²) in [5, 5.41) is 0. The molecule has 0 aliphatic rings. The molecule has 0 radical (unpaired) electrons. The van der Waals surface area contributed by atoms with E-state index in [1.54, 1.807) is 0 Å². The second-order valence-corrected chi connectivity index (χ2v) is 16.3. The molecule has 54 heavy (non-hydrogen) atoms. The first-order valence-corrected chi connectivity index (χ1v) is 23.8. The van der Waals surface area contributed by atoms with Crippen LogP contribution in [0.4, 0.5) is 0 Å². The Morgan fingerprint density at radius 2 is 0.833 bits per heavy atom. The Hall–Kier alpha value is -1.73. The molecule has 0 bridgehead atoms. The summed E-state index contributed by atoms with van der Waals surface area (Å²) in [6, 6.07) is 0. The van der Waals surface area contributed by atoms with Crippen LogP contribution in [0.15, 0.2) is 36.5 Å². The molecule has 0 aromatic carbocycles. The molecule has 0 fully saturated rings. The number of allylic oxidation sites excluding steroid dienone is 6. The highest BCUT2D eigenvalue weighted by atomic mass is 31.2. The first-order chi connectivity index (χ1) is 26.3. The van der Waals surface area contributed by atoms with Crippen molar-refractivity contribution < 1.29 is 37.9 Å². The van der Waals surface area contributed by atoms with E-state index in [0.717, 1.165) is 44.9 Å². The number of hydrogen-bond acceptors (Lipinski definition) is 6. The maximum absolute atomic E-state index is 12.4. The molecule has 0 saturated heterocycles. The minimum Gasteiger partial charge on any atom is -0.462 e. The molecule has 9 heteroatoms. The third-order valence-corrected chi connectivity index (χ3v) is 10.1. The maximum Gasteiger partial charge on any atom is 0.469 e. The second kappa shape index (κ2) is 40.9. The standard InChI is InChI=1S/C45H83O8P/c1-3-5-7-9-11-13-15-17-19-20-21-22-23-24-26-27-29-31-33-35-37-39-44(46)51-41-43(42-52-54(48,49)50)53-45(47)40-38-36-34-32-30-28-25-18-16-14-12-10-8-6-4-2/h17-19,25,30,32,43H,3-16,20-24,26-29,31,33-42H2,1-2H3,(H2,48,49,50)/b19-17+,25-18+,32-30+/t43-/m1/s1. The third kappa shape index (κ3) is 43.0. The quantitative estimate of drug-likeness (QED) is 0.0272. The van der Waals surface area contributed by atoms with Crippen LogP contribution in [0.25, 0.3) is 0 Å². The summed E-state index contributed by atoms with van der Waals surface area (Å²) in [4.78, 5) is 42.9. The lowest BCUT2D eigenvalue weighted by atomic mass is 10.0. The highest BCUT2D eigenvalue weighted by Crippen LogP contribution is 2.36. The smallest absolute Gasteiger partial charge is 0.462 e. The van der Waals surface area contributed by atoms with E-state index in [1.165, 1.54) is 141 Å². The highest BCUT2D eigenvalue weighted by molar-refractivity contribution is 7.46. The van der Waals surface area contributed by atoms with E-state index in [1.807, 2.05) is 0 Å². The van der Waals surface area contributed by atoms with Gasteiger partial charge in [0.1, 0.15) is 6.61 Å². The van der Waals surface area contributed by atoms with Crippen LogP contribution in [0.2, 0.25) is 0 Å². The zero-order valence-electron chi connectivity index (χ0n) is 34.9. The van der Waals surface area contributed by atoms with Crippen molar-refractivity contribution >= 4 is 19.8 Å². The summed E-state index contributed by atoms with van der Waals surface area (Å²) in [6.07, 6.45) is 48.7. The molecule has 0 aliphatic heterocycles. The van der Waals surface area contributed by atoms with Gasteiger partial charge in [-0.05, 0) is 70.6 Å². The number of unbranched alkanes of at least 4 members (excludes halogenated alkanes) is 25. The Labute approximate surface area is 332 Å². The highest BCUT2D eigenvalue weighted by Gasteiger charge is 2.22. The average molecular weight is 783 g/mol. The van der Waals surface area contributed by atoms with Gasteiger partial charge in [0.25, 0.3) is 0 Å². The van der Waals surface area contributed by atoms with Crippen molar-refractivity contribution in [1.29, 1.82) is 0 Å². The van der Waals surface area contributed by atoms with Crippen molar-refractivity contribution in [2.45, 2.75) is 225 Å². The first kappa shape index (κ1) is 52.3. The van der Waals surface area contributed by atoms with E-state index < -0.39 is 32.5 Å². The summed E-state index contributed by atoms with van der Waals surface area (Å²) in [5.74, 6) is -0.918. The van der Waals surface area contributed by atoms with E-state index in [4.69, 9.17) is 19.3 Å². The number of phosphoric acid groups is 1. The van der Waals surface area contributed by atoms with Crippen LogP contribution < -0.4 is 0 Å². The molecule has 0 spiro atoms. The van der Waals surface area contributed by atoms with Crippen molar-refractivity contribution in [3.05, 3.63) is 36.5 Å². The predicted octanol–water partition coefficient (Wildman–Crippen LogP) is 13.7. The van der Waals surface area contributed by atoms with Gasteiger partial charge in [-0.3, -0.25) is 14.1 Å². The molecule has 316 valence electrons. The van der Waals surface area contributed by atoms with Gasteiger partial charge in [-0.1, -0.05) is 172 Å². The van der Waals surface area contributed by atoms with Crippen molar-refractivity contribution in [2.24, 2.45) is 0 Å². The lowest BCUT2D eigenvalue weighted by Gasteiger charge is -2.18. The molecule has 0 aliphatic carbocycles. The van der Waals surface area contributed by atoms with Crippen LogP contribution in [-0.4, -0.2) is 41.0 Å². The molecule has 0 heterocycles. The molecule has 1 atom stereocenters. The maximum atomic E-state index is 12.4. The summed E-state index contributed by atoms with van der Waals surface area (Å²) in [6.45, 7) is 3.66. The zero-order chi connectivity index (χ0) is 39.6. The van der Waals surface area contributed by atoms with E-state index >= 15 is 0 Å². The van der Waals surface area contributed by atoms with Gasteiger partial charge in [0.15, 0.2) is 6.10 Å². The first-order valence-electron chi connectivity index (χ1n) is 22.3. The predicted molar refractivity (Wildman–Crippen MR) is 225 cm³/mol. The Morgan fingerprint density at radius 3 is 1.28 bits per heavy atom. The Kier molecular flexibility index (Phi) is 39.6. The lowest BCUT2D eigenvalue weighted by Crippen LogP contribution is -2.29. The topological polar surface area (TPSA) is 119 Å². The van der Waals surface area contributed by atoms with Gasteiger partial charge < -0.3 is 19.3 Å². The van der Waals surface area contributed by atoms with Crippen molar-refractivity contribution in [3.63, 3.8) is 0 Å². The minimum absolute atomic E-state index is 0.170. The van der Waals surface area contributed by atoms with Gasteiger partial charge >= 0.3 is 19.8 Å². The van der Waals surface area contributed by atoms with Crippen molar-refractivity contribution in [1.82, 2.24) is 0 Å². The number of carbonyl (C=O) groups is 2. The summed E-state index contributed by atoms with van der Waals surface area (Å²) in [7, 11) is -4.76. The number of esters is 2. The third-order valence-electron chi connectivity index (χ3n) is 9.63. The van der Waals surface area contributed by atoms with Gasteiger partial charge in [0, 0.05) is 12.8 Å². The number of hydrogen-bond donors (Lipinski definition) is 2. The average Bonchev–Trinajstić information content (AvgIpc) is 3.14. The summed E-state index contributed by atoms with van der Waals surface area (Å²) in [5.41, 5.74) is 0. The van der Waals surface area contributed by atoms with Gasteiger partial charge in [-0.2, -0.15) is 0 Å². The summed E-state index contributed by atoms with van der Waals surface area (Å²) >= 11 is 0. The lowest BCUT2D eigenvalue weighted by molar-refractivity contribution is -0.161. The molecule has 0 aromatic rings. The monoisotopic (exact) mass is 783 g/mol. The molecule has 0 rings (SSSR count). The Balaban J connectivity index is 3.89. The molecule has 0 aromatic heterocycles. The van der Waals surface area contributed by atoms with Crippen LogP contribution in [0, 0.1) is 0 Å². The van der Waals surface area contributed by atoms with Crippen molar-refractivity contribution in [3.8, 4) is 0 Å². The van der Waals surface area contributed by atoms with Crippen LogP contribution in [0.5, 0.6) is 0 Å². The largest absolute Gasteiger partial charge is 0.469 e. The molecular weight excluding hydrogens is 699 g/mol. The minimum atomic E-state index is -4.76. The van der Waals surface area contributed by atoms with Gasteiger partial charge in [0.05, 0.1) is 6.61 Å². The number of rotatable bonds is 41. The van der Waals surface area contributed by atoms with Crippen LogP contribution >= 0.6 is 7.82 Å². The summed E-state index contributed by atoms with van der Waals surface area (Å²) < 4.78 is 26.4. The normalized spacial score (nSPS) is 12.7. The van der Waals surface area contributed by atoms with E-state index in [2.05, 4.69) is 54.8 Å². The SMILES string of the molecule is CCCCCCCC/C=C/C/C=C/CCCCC(=O)O[C@H](COC(=O)CCCCCCCCCCCCC/C=C/CCCCCCCC)COP(=O)(O)O. The van der Waals surface area contributed by atoms with Crippen LogP contribution in [-0.2, 0) is 28.2 Å². The molecule has 0 saturated carbocycles. The van der Waals surface area contributed by atoms with Gasteiger partial charge in [-0.25, -0.2) is 4.57 Å². The fourth-order valence-corrected chi connectivity index (χ4v) is 6.64. The molecule has 2 N–H and O–H groups in total. The van der Waals surface area contributed by atoms with Gasteiger partial charge in [-0.15, -0.1) is 0 Å². The Morgan fingerprint density at radius 1 is 0.481 bits per heavy atom.